The molecule has 0 aromatic heterocycles. The van der Waals surface area contributed by atoms with E-state index in [9.17, 15) is 9.59 Å². The highest BCUT2D eigenvalue weighted by atomic mass is 16.7. The Kier molecular flexibility index (Phi) is 1.37. The minimum atomic E-state index is -0.484. The average molecular weight is 222 g/mol. The molecule has 1 heterocycles. The van der Waals surface area contributed by atoms with Crippen molar-refractivity contribution in [3.63, 3.8) is 0 Å². The highest BCUT2D eigenvalue weighted by molar-refractivity contribution is 5.97. The summed E-state index contributed by atoms with van der Waals surface area (Å²) < 4.78 is 10.1. The second-order valence-electron chi connectivity index (χ2n) is 5.65. The third kappa shape index (κ3) is 0.684. The van der Waals surface area contributed by atoms with Gasteiger partial charge < -0.3 is 9.47 Å². The highest BCUT2D eigenvalue weighted by Crippen LogP contribution is 2.80. The topological polar surface area (TPSA) is 52.6 Å². The number of ether oxygens (including phenoxy) is 2. The molecule has 4 nitrogen and oxygen atoms in total. The molecule has 1 saturated heterocycles. The van der Waals surface area contributed by atoms with Crippen molar-refractivity contribution in [2.45, 2.75) is 32.1 Å². The minimum Gasteiger partial charge on any atom is -0.427 e. The van der Waals surface area contributed by atoms with Gasteiger partial charge in [0.15, 0.2) is 0 Å². The molecule has 0 aromatic rings. The van der Waals surface area contributed by atoms with Crippen LogP contribution in [0, 0.1) is 22.7 Å². The molecule has 5 rings (SSSR count). The van der Waals surface area contributed by atoms with E-state index in [1.54, 1.807) is 0 Å². The molecule has 5 fully saturated rings. The van der Waals surface area contributed by atoms with Gasteiger partial charge in [0.25, 0.3) is 0 Å². The van der Waals surface area contributed by atoms with Crippen LogP contribution in [0.5, 0.6) is 0 Å². The van der Waals surface area contributed by atoms with E-state index in [0.29, 0.717) is 18.3 Å². The van der Waals surface area contributed by atoms with Crippen molar-refractivity contribution < 1.29 is 19.1 Å². The van der Waals surface area contributed by atoms with Crippen molar-refractivity contribution in [1.29, 1.82) is 0 Å². The van der Waals surface area contributed by atoms with Gasteiger partial charge in [-0.25, -0.2) is 0 Å². The maximum Gasteiger partial charge on any atom is 0.316 e. The Bertz CT molecular complexity index is 360. The summed E-state index contributed by atoms with van der Waals surface area (Å²) in [6.07, 6.45) is 5.00. The van der Waals surface area contributed by atoms with Gasteiger partial charge in [0.2, 0.25) is 6.79 Å². The van der Waals surface area contributed by atoms with E-state index in [4.69, 9.17) is 9.47 Å². The lowest BCUT2D eigenvalue weighted by molar-refractivity contribution is -0.166. The van der Waals surface area contributed by atoms with Gasteiger partial charge in [-0.1, -0.05) is 0 Å². The summed E-state index contributed by atoms with van der Waals surface area (Å²) in [4.78, 5) is 24.2. The third-order valence-corrected chi connectivity index (χ3v) is 5.46. The van der Waals surface area contributed by atoms with Gasteiger partial charge in [-0.15, -0.1) is 0 Å². The molecule has 1 aliphatic heterocycles. The monoisotopic (exact) mass is 222 g/mol. The summed E-state index contributed by atoms with van der Waals surface area (Å²) in [6.45, 7) is -0.180. The largest absolute Gasteiger partial charge is 0.427 e. The molecule has 0 radical (unpaired) electrons. The zero-order valence-corrected chi connectivity index (χ0v) is 9.03. The van der Waals surface area contributed by atoms with E-state index < -0.39 is 10.8 Å². The summed E-state index contributed by atoms with van der Waals surface area (Å²) in [5.41, 5.74) is -0.969. The summed E-state index contributed by atoms with van der Waals surface area (Å²) in [7, 11) is 0. The van der Waals surface area contributed by atoms with Crippen LogP contribution < -0.4 is 0 Å². The fourth-order valence-corrected chi connectivity index (χ4v) is 4.73. The lowest BCUT2D eigenvalue weighted by Crippen LogP contribution is -2.46. The van der Waals surface area contributed by atoms with Gasteiger partial charge in [-0.3, -0.25) is 9.59 Å². The van der Waals surface area contributed by atoms with Crippen LogP contribution in [0.3, 0.4) is 0 Å². The van der Waals surface area contributed by atoms with Gasteiger partial charge in [0, 0.05) is 0 Å². The van der Waals surface area contributed by atoms with Gasteiger partial charge >= 0.3 is 11.9 Å². The second-order valence-corrected chi connectivity index (χ2v) is 5.65. The van der Waals surface area contributed by atoms with Crippen LogP contribution in [0.1, 0.15) is 32.1 Å². The molecule has 2 bridgehead atoms. The van der Waals surface area contributed by atoms with Gasteiger partial charge in [-0.2, -0.15) is 0 Å². The molecule has 4 heteroatoms. The summed E-state index contributed by atoms with van der Waals surface area (Å²) in [5.74, 6) is 0.367. The molecule has 4 aliphatic carbocycles. The molecule has 2 atom stereocenters. The first-order chi connectivity index (χ1) is 7.72. The standard InChI is InChI=1S/C12H14O4/c13-9-11-5-12(11,10(14)16-6-15-9)8-2-1-7(11)3-4-8/h7-8H,1-6H2. The summed E-state index contributed by atoms with van der Waals surface area (Å²) in [6, 6.07) is 0. The Hall–Kier alpha value is -1.06. The second kappa shape index (κ2) is 2.44. The van der Waals surface area contributed by atoms with Crippen LogP contribution in [0.15, 0.2) is 0 Å². The number of rotatable bonds is 0. The Morgan fingerprint density at radius 1 is 0.875 bits per heavy atom. The SMILES string of the molecule is O=C1OCOC(=O)C23CC12C1CCC3CC1. The first-order valence-corrected chi connectivity index (χ1v) is 6.06. The van der Waals surface area contributed by atoms with Crippen molar-refractivity contribution in [3.05, 3.63) is 0 Å². The molecule has 16 heavy (non-hydrogen) atoms. The number of carbonyl (C=O) groups excluding carboxylic acids is 2. The molecule has 5 aliphatic rings. The fraction of sp³-hybridized carbons (Fsp3) is 0.833. The van der Waals surface area contributed by atoms with Crippen molar-refractivity contribution in [2.75, 3.05) is 6.79 Å². The van der Waals surface area contributed by atoms with E-state index in [-0.39, 0.29) is 18.7 Å². The predicted molar refractivity (Wildman–Crippen MR) is 52.0 cm³/mol. The number of fused-ring (bicyclic) bond motifs is 2. The van der Waals surface area contributed by atoms with E-state index in [1.165, 1.54) is 0 Å². The Morgan fingerprint density at radius 3 is 1.75 bits per heavy atom. The minimum absolute atomic E-state index is 0.173. The molecule has 2 unspecified atom stereocenters. The summed E-state index contributed by atoms with van der Waals surface area (Å²) in [5, 5.41) is 0. The lowest BCUT2D eigenvalue weighted by Gasteiger charge is -2.43. The van der Waals surface area contributed by atoms with Gasteiger partial charge in [0.05, 0.1) is 10.8 Å². The van der Waals surface area contributed by atoms with E-state index in [0.717, 1.165) is 25.7 Å². The van der Waals surface area contributed by atoms with E-state index in [1.807, 2.05) is 0 Å². The number of carbonyl (C=O) groups is 2. The fourth-order valence-electron chi connectivity index (χ4n) is 4.73. The van der Waals surface area contributed by atoms with Gasteiger partial charge in [-0.05, 0) is 43.9 Å². The van der Waals surface area contributed by atoms with Crippen molar-refractivity contribution in [2.24, 2.45) is 22.7 Å². The van der Waals surface area contributed by atoms with Crippen LogP contribution in [-0.4, -0.2) is 18.7 Å². The van der Waals surface area contributed by atoms with Crippen LogP contribution in [0.2, 0.25) is 0 Å². The van der Waals surface area contributed by atoms with Crippen LogP contribution in [0.4, 0.5) is 0 Å². The van der Waals surface area contributed by atoms with Crippen molar-refractivity contribution >= 4 is 11.9 Å². The predicted octanol–water partition coefficient (Wildman–Crippen LogP) is 1.24. The Morgan fingerprint density at radius 2 is 1.31 bits per heavy atom. The van der Waals surface area contributed by atoms with E-state index >= 15 is 0 Å². The molecular formula is C12H14O4. The van der Waals surface area contributed by atoms with Gasteiger partial charge in [0.1, 0.15) is 0 Å². The first kappa shape index (κ1) is 9.02. The number of esters is 2. The zero-order chi connectivity index (χ0) is 11.0. The van der Waals surface area contributed by atoms with Crippen LogP contribution in [0.25, 0.3) is 0 Å². The zero-order valence-electron chi connectivity index (χ0n) is 9.03. The normalized spacial score (nSPS) is 53.2. The quantitative estimate of drug-likeness (QED) is 0.579. The van der Waals surface area contributed by atoms with E-state index in [2.05, 4.69) is 0 Å². The summed E-state index contributed by atoms with van der Waals surface area (Å²) >= 11 is 0. The maximum atomic E-state index is 12.1. The molecule has 0 N–H and O–H groups in total. The molecular weight excluding hydrogens is 208 g/mol. The van der Waals surface area contributed by atoms with Crippen molar-refractivity contribution in [1.82, 2.24) is 0 Å². The third-order valence-electron chi connectivity index (χ3n) is 5.46. The number of hydrogen-bond acceptors (Lipinski definition) is 4. The van der Waals surface area contributed by atoms with Crippen LogP contribution in [-0.2, 0) is 19.1 Å². The molecule has 86 valence electrons. The number of cyclic esters (lactones) is 2. The first-order valence-electron chi connectivity index (χ1n) is 6.06. The Labute approximate surface area is 93.3 Å². The molecule has 4 saturated carbocycles. The lowest BCUT2D eigenvalue weighted by atomic mass is 9.58. The number of hydrogen-bond donors (Lipinski definition) is 0. The molecule has 0 aromatic carbocycles. The van der Waals surface area contributed by atoms with Crippen molar-refractivity contribution in [3.8, 4) is 0 Å². The maximum absolute atomic E-state index is 12.1. The molecule has 0 spiro atoms. The smallest absolute Gasteiger partial charge is 0.316 e. The molecule has 0 amide bonds. The highest BCUT2D eigenvalue weighted by Gasteiger charge is 2.85. The average Bonchev–Trinajstić information content (AvgIpc) is 3.05. The van der Waals surface area contributed by atoms with Crippen LogP contribution >= 0.6 is 0 Å². The Balaban J connectivity index is 1.89.